The fourth-order valence-electron chi connectivity index (χ4n) is 3.12. The van der Waals surface area contributed by atoms with Crippen LogP contribution in [-0.2, 0) is 4.74 Å². The van der Waals surface area contributed by atoms with E-state index >= 15 is 0 Å². The van der Waals surface area contributed by atoms with Gasteiger partial charge in [0.1, 0.15) is 0 Å². The van der Waals surface area contributed by atoms with E-state index in [0.717, 1.165) is 0 Å². The van der Waals surface area contributed by atoms with Crippen molar-refractivity contribution in [2.24, 2.45) is 16.2 Å². The summed E-state index contributed by atoms with van der Waals surface area (Å²) in [4.78, 5) is 0. The summed E-state index contributed by atoms with van der Waals surface area (Å²) in [5, 5.41) is 0. The first-order chi connectivity index (χ1) is 7.16. The minimum Gasteiger partial charge on any atom is -0.368 e. The molecule has 0 spiro atoms. The highest BCUT2D eigenvalue weighted by Crippen LogP contribution is 2.63. The topological polar surface area (TPSA) is 9.23 Å². The molecular weight excluding hydrogens is 208 g/mol. The minimum atomic E-state index is -0.0149. The SMILES string of the molecule is CC(C)(C)C(C)(C)CC1(C)C(C)(C)OC1(C)C. The summed E-state index contributed by atoms with van der Waals surface area (Å²) >= 11 is 0. The van der Waals surface area contributed by atoms with Gasteiger partial charge in [-0.2, -0.15) is 0 Å². The van der Waals surface area contributed by atoms with Crippen molar-refractivity contribution in [2.75, 3.05) is 0 Å². The second-order valence-electron chi connectivity index (χ2n) is 8.77. The van der Waals surface area contributed by atoms with Crippen molar-refractivity contribution in [3.05, 3.63) is 0 Å². The highest BCUT2D eigenvalue weighted by molar-refractivity contribution is 5.13. The molecule has 17 heavy (non-hydrogen) atoms. The molecule has 0 aromatic heterocycles. The summed E-state index contributed by atoms with van der Waals surface area (Å²) in [5.41, 5.74) is 0.826. The lowest BCUT2D eigenvalue weighted by molar-refractivity contribution is -0.357. The van der Waals surface area contributed by atoms with Gasteiger partial charge in [0.05, 0.1) is 11.2 Å². The van der Waals surface area contributed by atoms with Gasteiger partial charge in [0.2, 0.25) is 0 Å². The second-order valence-corrected chi connectivity index (χ2v) is 8.77. The van der Waals surface area contributed by atoms with Crippen LogP contribution in [0.4, 0.5) is 0 Å². The quantitative estimate of drug-likeness (QED) is 0.657. The molecule has 1 aliphatic rings. The van der Waals surface area contributed by atoms with Crippen LogP contribution in [0.3, 0.4) is 0 Å². The van der Waals surface area contributed by atoms with Crippen molar-refractivity contribution < 1.29 is 4.74 Å². The Morgan fingerprint density at radius 1 is 0.765 bits per heavy atom. The molecular formula is C16H32O. The summed E-state index contributed by atoms with van der Waals surface area (Å²) in [6, 6.07) is 0. The van der Waals surface area contributed by atoms with E-state index in [-0.39, 0.29) is 16.6 Å². The summed E-state index contributed by atoms with van der Waals surface area (Å²) in [6.45, 7) is 23.1. The second kappa shape index (κ2) is 3.50. The minimum absolute atomic E-state index is 0.0149. The molecule has 0 bridgehead atoms. The fourth-order valence-corrected chi connectivity index (χ4v) is 3.12. The van der Waals surface area contributed by atoms with Gasteiger partial charge in [-0.25, -0.2) is 0 Å². The molecule has 1 rings (SSSR count). The van der Waals surface area contributed by atoms with Gasteiger partial charge >= 0.3 is 0 Å². The molecule has 0 N–H and O–H groups in total. The Kier molecular flexibility index (Phi) is 3.09. The molecule has 0 atom stereocenters. The smallest absolute Gasteiger partial charge is 0.0714 e. The summed E-state index contributed by atoms with van der Waals surface area (Å²) in [6.07, 6.45) is 1.20. The van der Waals surface area contributed by atoms with Gasteiger partial charge in [-0.15, -0.1) is 0 Å². The van der Waals surface area contributed by atoms with Gasteiger partial charge in [0.15, 0.2) is 0 Å². The third kappa shape index (κ3) is 2.05. The first kappa shape index (κ1) is 15.0. The van der Waals surface area contributed by atoms with Crippen molar-refractivity contribution in [1.29, 1.82) is 0 Å². The van der Waals surface area contributed by atoms with Crippen LogP contribution >= 0.6 is 0 Å². The van der Waals surface area contributed by atoms with Gasteiger partial charge in [-0.1, -0.05) is 41.5 Å². The summed E-state index contributed by atoms with van der Waals surface area (Å²) in [5.74, 6) is 0. The Hall–Kier alpha value is -0.0400. The van der Waals surface area contributed by atoms with Gasteiger partial charge in [-0.05, 0) is 44.9 Å². The molecule has 0 saturated carbocycles. The molecule has 0 unspecified atom stereocenters. The molecule has 102 valence electrons. The monoisotopic (exact) mass is 240 g/mol. The molecule has 1 saturated heterocycles. The van der Waals surface area contributed by atoms with Crippen LogP contribution in [0.1, 0.15) is 75.7 Å². The molecule has 0 aromatic carbocycles. The number of rotatable bonds is 2. The normalized spacial score (nSPS) is 26.5. The molecule has 1 heterocycles. The zero-order valence-electron chi connectivity index (χ0n) is 13.6. The molecule has 1 heteroatoms. The molecule has 1 aliphatic heterocycles. The summed E-state index contributed by atoms with van der Waals surface area (Å²) < 4.78 is 6.09. The van der Waals surface area contributed by atoms with Crippen LogP contribution in [0.15, 0.2) is 0 Å². The van der Waals surface area contributed by atoms with E-state index < -0.39 is 0 Å². The average molecular weight is 240 g/mol. The van der Waals surface area contributed by atoms with E-state index in [1.54, 1.807) is 0 Å². The van der Waals surface area contributed by atoms with Crippen molar-refractivity contribution in [2.45, 2.75) is 86.9 Å². The maximum atomic E-state index is 6.09. The third-order valence-electron chi connectivity index (χ3n) is 5.99. The van der Waals surface area contributed by atoms with Crippen LogP contribution in [0.25, 0.3) is 0 Å². The fraction of sp³-hybridized carbons (Fsp3) is 1.00. The third-order valence-corrected chi connectivity index (χ3v) is 5.99. The van der Waals surface area contributed by atoms with Crippen molar-refractivity contribution >= 4 is 0 Å². The highest BCUT2D eigenvalue weighted by atomic mass is 16.6. The lowest BCUT2D eigenvalue weighted by Gasteiger charge is -2.68. The van der Waals surface area contributed by atoms with E-state index in [1.165, 1.54) is 6.42 Å². The van der Waals surface area contributed by atoms with Crippen molar-refractivity contribution in [3.63, 3.8) is 0 Å². The predicted molar refractivity (Wildman–Crippen MR) is 75.2 cm³/mol. The molecule has 0 amide bonds. The van der Waals surface area contributed by atoms with Gasteiger partial charge in [0, 0.05) is 5.41 Å². The number of ether oxygens (including phenoxy) is 1. The van der Waals surface area contributed by atoms with Gasteiger partial charge < -0.3 is 4.74 Å². The van der Waals surface area contributed by atoms with Crippen LogP contribution in [0.2, 0.25) is 0 Å². The largest absolute Gasteiger partial charge is 0.368 e. The Balaban J connectivity index is 3.02. The van der Waals surface area contributed by atoms with Gasteiger partial charge in [-0.3, -0.25) is 0 Å². The maximum Gasteiger partial charge on any atom is 0.0714 e. The standard InChI is InChI=1S/C16H32O/c1-12(2,3)13(4,5)11-16(10)14(6,7)17-15(16,8)9/h11H2,1-10H3. The zero-order chi connectivity index (χ0) is 13.9. The Morgan fingerprint density at radius 3 is 1.35 bits per heavy atom. The van der Waals surface area contributed by atoms with E-state index in [0.29, 0.717) is 10.8 Å². The number of hydrogen-bond donors (Lipinski definition) is 0. The van der Waals surface area contributed by atoms with E-state index in [2.05, 4.69) is 69.2 Å². The van der Waals surface area contributed by atoms with Crippen LogP contribution in [-0.4, -0.2) is 11.2 Å². The summed E-state index contributed by atoms with van der Waals surface area (Å²) in [7, 11) is 0. The molecule has 1 nitrogen and oxygen atoms in total. The predicted octanol–water partition coefficient (Wildman–Crippen LogP) is 5.04. The average Bonchev–Trinajstić information content (AvgIpc) is 1.97. The van der Waals surface area contributed by atoms with E-state index in [4.69, 9.17) is 4.74 Å². The van der Waals surface area contributed by atoms with E-state index in [1.807, 2.05) is 0 Å². The van der Waals surface area contributed by atoms with Gasteiger partial charge in [0.25, 0.3) is 0 Å². The van der Waals surface area contributed by atoms with Crippen LogP contribution < -0.4 is 0 Å². The Morgan fingerprint density at radius 2 is 1.12 bits per heavy atom. The molecule has 0 aliphatic carbocycles. The lowest BCUT2D eigenvalue weighted by Crippen LogP contribution is -2.71. The van der Waals surface area contributed by atoms with E-state index in [9.17, 15) is 0 Å². The maximum absolute atomic E-state index is 6.09. The molecule has 0 aromatic rings. The molecule has 1 fully saturated rings. The first-order valence-corrected chi connectivity index (χ1v) is 6.87. The molecule has 0 radical (unpaired) electrons. The van der Waals surface area contributed by atoms with Crippen LogP contribution in [0.5, 0.6) is 0 Å². The zero-order valence-corrected chi connectivity index (χ0v) is 13.6. The highest BCUT2D eigenvalue weighted by Gasteiger charge is 2.65. The number of hydrogen-bond acceptors (Lipinski definition) is 1. The Bertz CT molecular complexity index is 288. The van der Waals surface area contributed by atoms with Crippen LogP contribution in [0, 0.1) is 16.2 Å². The lowest BCUT2D eigenvalue weighted by atomic mass is 9.50. The van der Waals surface area contributed by atoms with Crippen molar-refractivity contribution in [1.82, 2.24) is 0 Å². The van der Waals surface area contributed by atoms with Crippen molar-refractivity contribution in [3.8, 4) is 0 Å². The first-order valence-electron chi connectivity index (χ1n) is 6.87. The Labute approximate surface area is 108 Å².